The number of aryl methyl sites for hydroxylation is 3. The van der Waals surface area contributed by atoms with Crippen LogP contribution in [-0.4, -0.2) is 108 Å². The third-order valence-electron chi connectivity index (χ3n) is 8.88. The number of hydrogen-bond acceptors (Lipinski definition) is 11. The fourth-order valence-electron chi connectivity index (χ4n) is 6.22. The molecule has 5 rings (SSSR count). The van der Waals surface area contributed by atoms with E-state index in [-0.39, 0.29) is 6.61 Å². The van der Waals surface area contributed by atoms with Crippen LogP contribution in [0.5, 0.6) is 0 Å². The van der Waals surface area contributed by atoms with Crippen LogP contribution in [-0.2, 0) is 38.4 Å². The van der Waals surface area contributed by atoms with Gasteiger partial charge < -0.3 is 51.3 Å². The average molecular weight is 708 g/mol. The summed E-state index contributed by atoms with van der Waals surface area (Å²) in [5.74, 6) is -5.02. The van der Waals surface area contributed by atoms with Crippen LogP contribution >= 0.6 is 0 Å². The molecule has 3 heterocycles. The van der Waals surface area contributed by atoms with Crippen LogP contribution in [0.3, 0.4) is 0 Å². The Kier molecular flexibility index (Phi) is 12.4. The molecule has 0 saturated carbocycles. The number of benzene rings is 2. The number of aliphatic hydroxyl groups excluding tert-OH is 3. The summed E-state index contributed by atoms with van der Waals surface area (Å²) in [5.41, 5.74) is 9.98. The van der Waals surface area contributed by atoms with E-state index in [2.05, 4.69) is 25.9 Å². The zero-order valence-electron chi connectivity index (χ0n) is 28.3. The highest BCUT2D eigenvalue weighted by atomic mass is 16.7. The first kappa shape index (κ1) is 37.4. The Morgan fingerprint density at radius 2 is 1.92 bits per heavy atom. The minimum Gasteiger partial charge on any atom is -0.477 e. The van der Waals surface area contributed by atoms with E-state index in [0.717, 1.165) is 29.4 Å². The van der Waals surface area contributed by atoms with Crippen molar-refractivity contribution in [3.8, 4) is 0 Å². The lowest BCUT2D eigenvalue weighted by molar-refractivity contribution is -0.310. The summed E-state index contributed by atoms with van der Waals surface area (Å²) in [4.78, 5) is 40.2. The first-order valence-corrected chi connectivity index (χ1v) is 16.9. The summed E-state index contributed by atoms with van der Waals surface area (Å²) in [6, 6.07) is 12.7. The molecular formula is C35H45N7O9. The van der Waals surface area contributed by atoms with Gasteiger partial charge in [0.2, 0.25) is 5.91 Å². The number of nitrogens with one attached hydrogen (secondary N) is 3. The number of fused-ring (bicyclic) bond motifs is 1. The summed E-state index contributed by atoms with van der Waals surface area (Å²) in [6.45, 7) is 1.35. The SMILES string of the molecule is CC(=O)N[C@H]1C([C@H](O)[C@H](O)CNC(=O)c2ccccc2)O[C@@](OCCCCc2cn(CCCc3c[nH]c4ccc(N)cc34)nn2)(C(=O)O)C[C@@H]1O. The van der Waals surface area contributed by atoms with E-state index in [1.165, 1.54) is 12.5 Å². The maximum Gasteiger partial charge on any atom is 0.364 e. The molecule has 0 bridgehead atoms. The number of unbranched alkanes of at least 4 members (excludes halogenated alkanes) is 1. The minimum atomic E-state index is -2.38. The van der Waals surface area contributed by atoms with Gasteiger partial charge in [-0.15, -0.1) is 5.10 Å². The number of carboxylic acid groups (broad SMARTS) is 1. The van der Waals surface area contributed by atoms with Gasteiger partial charge >= 0.3 is 5.97 Å². The van der Waals surface area contributed by atoms with Gasteiger partial charge in [-0.3, -0.25) is 14.3 Å². The number of nitrogens with zero attached hydrogens (tertiary/aromatic N) is 3. The molecule has 1 saturated heterocycles. The molecule has 1 unspecified atom stereocenters. The van der Waals surface area contributed by atoms with Crippen LogP contribution < -0.4 is 16.4 Å². The van der Waals surface area contributed by atoms with Crippen molar-refractivity contribution in [2.24, 2.45) is 0 Å². The van der Waals surface area contributed by atoms with Crippen LogP contribution in [0.2, 0.25) is 0 Å². The number of aromatic amines is 1. The van der Waals surface area contributed by atoms with Gasteiger partial charge in [-0.2, -0.15) is 0 Å². The monoisotopic (exact) mass is 707 g/mol. The third kappa shape index (κ3) is 9.47. The Hall–Kier alpha value is -4.87. The minimum absolute atomic E-state index is 0.0778. The maximum absolute atomic E-state index is 12.5. The van der Waals surface area contributed by atoms with E-state index in [4.69, 9.17) is 15.2 Å². The number of carbonyl (C=O) groups excluding carboxylic acids is 2. The summed E-state index contributed by atoms with van der Waals surface area (Å²) in [7, 11) is 0. The van der Waals surface area contributed by atoms with Gasteiger partial charge in [0.05, 0.1) is 30.6 Å². The van der Waals surface area contributed by atoms with Crippen molar-refractivity contribution in [1.82, 2.24) is 30.6 Å². The highest BCUT2D eigenvalue weighted by Crippen LogP contribution is 2.34. The Bertz CT molecular complexity index is 1780. The van der Waals surface area contributed by atoms with E-state index >= 15 is 0 Å². The number of aliphatic carboxylic acids is 1. The number of carboxylic acids is 1. The molecule has 4 aromatic rings. The molecule has 1 aliphatic rings. The molecule has 0 radical (unpaired) electrons. The second kappa shape index (κ2) is 16.9. The van der Waals surface area contributed by atoms with Gasteiger partial charge in [0.15, 0.2) is 0 Å². The molecule has 6 atom stereocenters. The summed E-state index contributed by atoms with van der Waals surface area (Å²) < 4.78 is 13.3. The molecule has 2 amide bonds. The number of aliphatic hydroxyl groups is 3. The van der Waals surface area contributed by atoms with E-state index in [1.54, 1.807) is 35.0 Å². The lowest BCUT2D eigenvalue weighted by Gasteiger charge is -2.46. The van der Waals surface area contributed by atoms with Gasteiger partial charge in [-0.25, -0.2) is 4.79 Å². The molecule has 274 valence electrons. The third-order valence-corrected chi connectivity index (χ3v) is 8.88. The molecule has 9 N–H and O–H groups in total. The first-order valence-electron chi connectivity index (χ1n) is 16.9. The molecule has 2 aromatic heterocycles. The summed E-state index contributed by atoms with van der Waals surface area (Å²) >= 11 is 0. The van der Waals surface area contributed by atoms with Crippen LogP contribution in [0.15, 0.2) is 60.9 Å². The molecule has 1 aliphatic heterocycles. The quantitative estimate of drug-likeness (QED) is 0.0564. The lowest BCUT2D eigenvalue weighted by atomic mass is 9.88. The topological polar surface area (TPSA) is 247 Å². The van der Waals surface area contributed by atoms with Crippen LogP contribution in [0, 0.1) is 0 Å². The van der Waals surface area contributed by atoms with Crippen molar-refractivity contribution in [2.75, 3.05) is 18.9 Å². The van der Waals surface area contributed by atoms with Crippen molar-refractivity contribution in [3.05, 3.63) is 77.7 Å². The Morgan fingerprint density at radius 3 is 2.67 bits per heavy atom. The number of rotatable bonds is 17. The number of H-pyrrole nitrogens is 1. The molecule has 51 heavy (non-hydrogen) atoms. The highest BCUT2D eigenvalue weighted by molar-refractivity contribution is 5.94. The summed E-state index contributed by atoms with van der Waals surface area (Å²) in [5, 5.41) is 57.5. The van der Waals surface area contributed by atoms with Crippen LogP contribution in [0.1, 0.15) is 54.2 Å². The Labute approximate surface area is 293 Å². The number of amides is 2. The van der Waals surface area contributed by atoms with Gasteiger partial charge in [-0.1, -0.05) is 23.4 Å². The number of aromatic nitrogens is 4. The van der Waals surface area contributed by atoms with Gasteiger partial charge in [0.25, 0.3) is 11.7 Å². The van der Waals surface area contributed by atoms with Crippen molar-refractivity contribution in [1.29, 1.82) is 0 Å². The van der Waals surface area contributed by atoms with Crippen LogP contribution in [0.4, 0.5) is 5.69 Å². The largest absolute Gasteiger partial charge is 0.477 e. The number of nitrogens with two attached hydrogens (primary N) is 1. The van der Waals surface area contributed by atoms with Crippen molar-refractivity contribution >= 4 is 34.4 Å². The normalized spacial score (nSPS) is 21.6. The van der Waals surface area contributed by atoms with E-state index in [9.17, 15) is 34.8 Å². The number of nitrogen functional groups attached to an aromatic ring is 1. The zero-order chi connectivity index (χ0) is 36.5. The van der Waals surface area contributed by atoms with Gasteiger partial charge in [0.1, 0.15) is 12.2 Å². The predicted octanol–water partition coefficient (Wildman–Crippen LogP) is 0.901. The average Bonchev–Trinajstić information content (AvgIpc) is 3.74. The lowest BCUT2D eigenvalue weighted by Crippen LogP contribution is -2.68. The second-order valence-corrected chi connectivity index (χ2v) is 12.8. The summed E-state index contributed by atoms with van der Waals surface area (Å²) in [6.07, 6.45) is -0.0885. The molecule has 2 aromatic carbocycles. The van der Waals surface area contributed by atoms with E-state index < -0.39 is 67.0 Å². The van der Waals surface area contributed by atoms with Crippen molar-refractivity contribution in [3.63, 3.8) is 0 Å². The predicted molar refractivity (Wildman–Crippen MR) is 184 cm³/mol. The van der Waals surface area contributed by atoms with Gasteiger partial charge in [-0.05, 0) is 68.0 Å². The van der Waals surface area contributed by atoms with E-state index in [0.29, 0.717) is 37.1 Å². The molecular weight excluding hydrogens is 662 g/mol. The van der Waals surface area contributed by atoms with E-state index in [1.807, 2.05) is 30.6 Å². The molecule has 0 aliphatic carbocycles. The van der Waals surface area contributed by atoms with Crippen LogP contribution in [0.25, 0.3) is 10.9 Å². The second-order valence-electron chi connectivity index (χ2n) is 12.8. The molecule has 0 spiro atoms. The first-order chi connectivity index (χ1) is 24.5. The standard InChI is InChI=1S/C35H45N7O9/c1-21(43)39-30-28(44)17-35(34(48)49,51-32(30)31(46)29(45)19-38-33(47)22-8-3-2-4-9-22)50-15-6-5-11-25-20-42(41-40-25)14-7-10-23-18-37-27-13-12-24(36)16-26(23)27/h2-4,8-9,12-13,16,18,20,28-32,37,44-46H,5-7,10-11,14-15,17,19,36H2,1H3,(H,38,47)(H,39,43)(H,48,49)/t28-,29+,30+,31+,32?,35+/m0/s1. The fraction of sp³-hybridized carbons (Fsp3) is 0.457. The zero-order valence-corrected chi connectivity index (χ0v) is 28.3. The smallest absolute Gasteiger partial charge is 0.364 e. The Balaban J connectivity index is 1.12. The van der Waals surface area contributed by atoms with Gasteiger partial charge in [0, 0.05) is 61.0 Å². The number of ether oxygens (including phenoxy) is 2. The van der Waals surface area contributed by atoms with Crippen molar-refractivity contribution in [2.45, 2.75) is 88.2 Å². The molecule has 16 nitrogen and oxygen atoms in total. The Morgan fingerprint density at radius 1 is 1.14 bits per heavy atom. The maximum atomic E-state index is 12.5. The fourth-order valence-corrected chi connectivity index (χ4v) is 6.22. The number of anilines is 1. The highest BCUT2D eigenvalue weighted by Gasteiger charge is 2.55. The number of carbonyl (C=O) groups is 3. The van der Waals surface area contributed by atoms with Crippen molar-refractivity contribution < 1.29 is 44.3 Å². The number of hydrogen-bond donors (Lipinski definition) is 8. The molecule has 1 fully saturated rings. The molecule has 16 heteroatoms.